The predicted octanol–water partition coefficient (Wildman–Crippen LogP) is 2.33. The van der Waals surface area contributed by atoms with Gasteiger partial charge in [-0.3, -0.25) is 0 Å². The highest BCUT2D eigenvalue weighted by atomic mass is 16.5. The minimum Gasteiger partial charge on any atom is -0.460 e. The molecule has 1 aromatic rings. The normalized spacial score (nSPS) is 16.6. The molecule has 2 rings (SSSR count). The molecule has 1 aliphatic heterocycles. The standard InChI is InChI=1S/C14H25N5O/c1-5-15-12-16-13(19-8-6-7-9-19)18-14(17-12)20-11(4)10(2)3/h10-11H,5-9H2,1-4H3,(H,15,16,17,18). The average molecular weight is 279 g/mol. The van der Waals surface area contributed by atoms with Gasteiger partial charge in [-0.2, -0.15) is 15.0 Å². The van der Waals surface area contributed by atoms with Gasteiger partial charge in [-0.1, -0.05) is 13.8 Å². The minimum absolute atomic E-state index is 0.0818. The van der Waals surface area contributed by atoms with Crippen LogP contribution in [0.4, 0.5) is 11.9 Å². The van der Waals surface area contributed by atoms with E-state index in [0.29, 0.717) is 17.9 Å². The van der Waals surface area contributed by atoms with Crippen molar-refractivity contribution in [1.82, 2.24) is 15.0 Å². The van der Waals surface area contributed by atoms with Crippen LogP contribution in [-0.2, 0) is 0 Å². The van der Waals surface area contributed by atoms with E-state index in [0.717, 1.165) is 25.6 Å². The fourth-order valence-corrected chi connectivity index (χ4v) is 2.00. The largest absolute Gasteiger partial charge is 0.460 e. The van der Waals surface area contributed by atoms with E-state index in [9.17, 15) is 0 Å². The molecule has 1 fully saturated rings. The zero-order valence-electron chi connectivity index (χ0n) is 12.9. The molecular weight excluding hydrogens is 254 g/mol. The summed E-state index contributed by atoms with van der Waals surface area (Å²) in [5.41, 5.74) is 0. The van der Waals surface area contributed by atoms with Gasteiger partial charge in [-0.05, 0) is 32.6 Å². The number of rotatable bonds is 6. The van der Waals surface area contributed by atoms with Crippen LogP contribution in [0.1, 0.15) is 40.5 Å². The van der Waals surface area contributed by atoms with E-state index in [4.69, 9.17) is 4.74 Å². The average Bonchev–Trinajstić information content (AvgIpc) is 2.92. The zero-order valence-corrected chi connectivity index (χ0v) is 12.9. The highest BCUT2D eigenvalue weighted by molar-refractivity contribution is 5.39. The molecule has 20 heavy (non-hydrogen) atoms. The molecule has 1 unspecified atom stereocenters. The van der Waals surface area contributed by atoms with Crippen molar-refractivity contribution in [2.24, 2.45) is 5.92 Å². The Balaban J connectivity index is 2.20. The van der Waals surface area contributed by atoms with Gasteiger partial charge in [0.2, 0.25) is 11.9 Å². The Morgan fingerprint density at radius 3 is 2.45 bits per heavy atom. The molecule has 6 nitrogen and oxygen atoms in total. The first-order chi connectivity index (χ1) is 9.60. The van der Waals surface area contributed by atoms with Crippen LogP contribution in [0.15, 0.2) is 0 Å². The molecule has 0 aromatic carbocycles. The van der Waals surface area contributed by atoms with E-state index in [1.807, 2.05) is 13.8 Å². The molecule has 1 atom stereocenters. The second-order valence-corrected chi connectivity index (χ2v) is 5.53. The third-order valence-electron chi connectivity index (χ3n) is 3.56. The molecule has 1 aromatic heterocycles. The molecule has 2 heterocycles. The SMILES string of the molecule is CCNc1nc(OC(C)C(C)C)nc(N2CCCC2)n1. The van der Waals surface area contributed by atoms with Gasteiger partial charge < -0.3 is 15.0 Å². The second kappa shape index (κ2) is 6.72. The molecule has 0 bridgehead atoms. The number of hydrogen-bond acceptors (Lipinski definition) is 6. The number of nitrogens with one attached hydrogen (secondary N) is 1. The lowest BCUT2D eigenvalue weighted by atomic mass is 10.1. The smallest absolute Gasteiger partial charge is 0.323 e. The van der Waals surface area contributed by atoms with Gasteiger partial charge in [-0.15, -0.1) is 0 Å². The number of ether oxygens (including phenoxy) is 1. The number of hydrogen-bond donors (Lipinski definition) is 1. The maximum atomic E-state index is 5.83. The Kier molecular flexibility index (Phi) is 4.98. The lowest BCUT2D eigenvalue weighted by molar-refractivity contribution is 0.156. The molecule has 0 aliphatic carbocycles. The van der Waals surface area contributed by atoms with Gasteiger partial charge in [0.25, 0.3) is 0 Å². The Hall–Kier alpha value is -1.59. The van der Waals surface area contributed by atoms with Crippen LogP contribution >= 0.6 is 0 Å². The summed E-state index contributed by atoms with van der Waals surface area (Å²) in [6.45, 7) is 11.1. The quantitative estimate of drug-likeness (QED) is 0.862. The summed E-state index contributed by atoms with van der Waals surface area (Å²) in [6, 6.07) is 0.416. The fraction of sp³-hybridized carbons (Fsp3) is 0.786. The highest BCUT2D eigenvalue weighted by Gasteiger charge is 2.19. The molecule has 1 saturated heterocycles. The maximum absolute atomic E-state index is 5.83. The van der Waals surface area contributed by atoms with Gasteiger partial charge in [0, 0.05) is 19.6 Å². The van der Waals surface area contributed by atoms with E-state index in [1.54, 1.807) is 0 Å². The summed E-state index contributed by atoms with van der Waals surface area (Å²) >= 11 is 0. The third kappa shape index (κ3) is 3.71. The molecule has 6 heteroatoms. The summed E-state index contributed by atoms with van der Waals surface area (Å²) in [7, 11) is 0. The molecule has 1 N–H and O–H groups in total. The third-order valence-corrected chi connectivity index (χ3v) is 3.56. The van der Waals surface area contributed by atoms with Crippen molar-refractivity contribution < 1.29 is 4.74 Å². The summed E-state index contributed by atoms with van der Waals surface area (Å²) in [4.78, 5) is 15.5. The van der Waals surface area contributed by atoms with Crippen molar-refractivity contribution in [1.29, 1.82) is 0 Å². The molecule has 0 amide bonds. The van der Waals surface area contributed by atoms with Crippen LogP contribution < -0.4 is 15.0 Å². The Labute approximate surface area is 121 Å². The zero-order chi connectivity index (χ0) is 14.5. The number of aromatic nitrogens is 3. The van der Waals surface area contributed by atoms with Crippen molar-refractivity contribution in [3.63, 3.8) is 0 Å². The Bertz CT molecular complexity index is 432. The monoisotopic (exact) mass is 279 g/mol. The molecule has 112 valence electrons. The number of anilines is 2. The van der Waals surface area contributed by atoms with Crippen molar-refractivity contribution in [2.45, 2.75) is 46.6 Å². The topological polar surface area (TPSA) is 63.2 Å². The van der Waals surface area contributed by atoms with E-state index in [-0.39, 0.29) is 6.10 Å². The Morgan fingerprint density at radius 1 is 1.15 bits per heavy atom. The molecular formula is C14H25N5O. The van der Waals surface area contributed by atoms with Crippen LogP contribution in [-0.4, -0.2) is 40.7 Å². The lowest BCUT2D eigenvalue weighted by Crippen LogP contribution is -2.24. The van der Waals surface area contributed by atoms with Crippen molar-refractivity contribution in [2.75, 3.05) is 29.9 Å². The lowest BCUT2D eigenvalue weighted by Gasteiger charge is -2.19. The Morgan fingerprint density at radius 2 is 1.85 bits per heavy atom. The first-order valence-corrected chi connectivity index (χ1v) is 7.51. The summed E-state index contributed by atoms with van der Waals surface area (Å²) < 4.78 is 5.83. The van der Waals surface area contributed by atoms with Crippen LogP contribution in [0, 0.1) is 5.92 Å². The summed E-state index contributed by atoms with van der Waals surface area (Å²) in [5, 5.41) is 3.15. The maximum Gasteiger partial charge on any atom is 0.323 e. The molecule has 1 aliphatic rings. The first-order valence-electron chi connectivity index (χ1n) is 7.51. The summed E-state index contributed by atoms with van der Waals surface area (Å²) in [5.74, 6) is 1.74. The molecule has 0 spiro atoms. The highest BCUT2D eigenvalue weighted by Crippen LogP contribution is 2.20. The van der Waals surface area contributed by atoms with E-state index < -0.39 is 0 Å². The van der Waals surface area contributed by atoms with Gasteiger partial charge >= 0.3 is 6.01 Å². The van der Waals surface area contributed by atoms with Crippen LogP contribution in [0.2, 0.25) is 0 Å². The van der Waals surface area contributed by atoms with E-state index in [1.165, 1.54) is 12.8 Å². The minimum atomic E-state index is 0.0818. The van der Waals surface area contributed by atoms with Gasteiger partial charge in [-0.25, -0.2) is 0 Å². The van der Waals surface area contributed by atoms with E-state index >= 15 is 0 Å². The van der Waals surface area contributed by atoms with Gasteiger partial charge in [0.1, 0.15) is 6.10 Å². The molecule has 0 radical (unpaired) electrons. The van der Waals surface area contributed by atoms with Gasteiger partial charge in [0.05, 0.1) is 0 Å². The van der Waals surface area contributed by atoms with E-state index in [2.05, 4.69) is 39.0 Å². The molecule has 0 saturated carbocycles. The predicted molar refractivity (Wildman–Crippen MR) is 80.4 cm³/mol. The van der Waals surface area contributed by atoms with Crippen LogP contribution in [0.5, 0.6) is 6.01 Å². The fourth-order valence-electron chi connectivity index (χ4n) is 2.00. The first kappa shape index (κ1) is 14.8. The van der Waals surface area contributed by atoms with Crippen LogP contribution in [0.25, 0.3) is 0 Å². The summed E-state index contributed by atoms with van der Waals surface area (Å²) in [6.07, 6.45) is 2.47. The van der Waals surface area contributed by atoms with Crippen LogP contribution in [0.3, 0.4) is 0 Å². The van der Waals surface area contributed by atoms with Crippen molar-refractivity contribution >= 4 is 11.9 Å². The number of nitrogens with zero attached hydrogens (tertiary/aromatic N) is 4. The second-order valence-electron chi connectivity index (χ2n) is 5.53. The van der Waals surface area contributed by atoms with Crippen molar-refractivity contribution in [3.05, 3.63) is 0 Å². The van der Waals surface area contributed by atoms with Gasteiger partial charge in [0.15, 0.2) is 0 Å². The van der Waals surface area contributed by atoms with Crippen molar-refractivity contribution in [3.8, 4) is 6.01 Å².